The number of furan rings is 1. The Labute approximate surface area is 151 Å². The number of rotatable bonds is 3. The first-order valence-corrected chi connectivity index (χ1v) is 8.60. The normalized spacial score (nSPS) is 24.8. The zero-order valence-corrected chi connectivity index (χ0v) is 14.2. The predicted octanol–water partition coefficient (Wildman–Crippen LogP) is 2.15. The predicted molar refractivity (Wildman–Crippen MR) is 89.1 cm³/mol. The van der Waals surface area contributed by atoms with E-state index in [0.29, 0.717) is 11.3 Å². The van der Waals surface area contributed by atoms with Crippen LogP contribution in [0, 0.1) is 5.92 Å². The van der Waals surface area contributed by atoms with Gasteiger partial charge in [0.1, 0.15) is 11.3 Å². The second-order valence-electron chi connectivity index (χ2n) is 6.89. The van der Waals surface area contributed by atoms with Crippen LogP contribution in [0.1, 0.15) is 23.3 Å². The fourth-order valence-electron chi connectivity index (χ4n) is 3.67. The van der Waals surface area contributed by atoms with Crippen molar-refractivity contribution in [1.82, 2.24) is 15.2 Å². The Balaban J connectivity index is 1.48. The quantitative estimate of drug-likeness (QED) is 0.850. The van der Waals surface area contributed by atoms with Crippen LogP contribution in [0.2, 0.25) is 0 Å². The monoisotopic (exact) mass is 382 g/mol. The molecule has 1 atom stereocenters. The second-order valence-corrected chi connectivity index (χ2v) is 6.89. The second kappa shape index (κ2) is 6.52. The van der Waals surface area contributed by atoms with Crippen LogP contribution >= 0.6 is 0 Å². The molecule has 0 spiro atoms. The molecule has 2 N–H and O–H groups in total. The highest BCUT2D eigenvalue weighted by Gasteiger charge is 2.39. The summed E-state index contributed by atoms with van der Waals surface area (Å²) in [7, 11) is 0. The Morgan fingerprint density at radius 1 is 1.22 bits per heavy atom. The summed E-state index contributed by atoms with van der Waals surface area (Å²) in [6, 6.07) is 2.65. The number of nitrogens with one attached hydrogen (secondary N) is 2. The van der Waals surface area contributed by atoms with Gasteiger partial charge >= 0.3 is 12.1 Å². The van der Waals surface area contributed by atoms with Gasteiger partial charge in [0.05, 0.1) is 0 Å². The van der Waals surface area contributed by atoms with Gasteiger partial charge in [0.15, 0.2) is 0 Å². The largest absolute Gasteiger partial charge is 0.471 e. The van der Waals surface area contributed by atoms with Crippen molar-refractivity contribution in [2.75, 3.05) is 25.0 Å². The van der Waals surface area contributed by atoms with Gasteiger partial charge in [-0.25, -0.2) is 0 Å². The molecule has 2 aromatic rings. The molecule has 3 fully saturated rings. The third kappa shape index (κ3) is 3.61. The lowest BCUT2D eigenvalue weighted by atomic mass is 9.84. The highest BCUT2D eigenvalue weighted by Crippen LogP contribution is 2.28. The molecular weight excluding hydrogens is 365 g/mol. The lowest BCUT2D eigenvalue weighted by Gasteiger charge is -2.44. The van der Waals surface area contributed by atoms with Crippen molar-refractivity contribution in [3.05, 3.63) is 24.0 Å². The summed E-state index contributed by atoms with van der Waals surface area (Å²) in [5.41, 5.74) is 0.281. The van der Waals surface area contributed by atoms with Crippen LogP contribution in [0.25, 0.3) is 11.0 Å². The van der Waals surface area contributed by atoms with Crippen molar-refractivity contribution in [3.8, 4) is 0 Å². The van der Waals surface area contributed by atoms with Crippen LogP contribution < -0.4 is 10.6 Å². The molecule has 144 valence electrons. The van der Waals surface area contributed by atoms with E-state index in [1.807, 2.05) is 0 Å². The average Bonchev–Trinajstić information content (AvgIpc) is 3.03. The lowest BCUT2D eigenvalue weighted by Crippen LogP contribution is -2.57. The summed E-state index contributed by atoms with van der Waals surface area (Å²) in [5.74, 6) is -2.39. The van der Waals surface area contributed by atoms with Crippen molar-refractivity contribution in [3.63, 3.8) is 0 Å². The molecule has 3 aliphatic heterocycles. The number of amides is 2. The van der Waals surface area contributed by atoms with Gasteiger partial charge in [-0.2, -0.15) is 13.2 Å². The van der Waals surface area contributed by atoms with Gasteiger partial charge in [0.2, 0.25) is 5.88 Å². The van der Waals surface area contributed by atoms with Crippen LogP contribution in [-0.2, 0) is 4.79 Å². The number of anilines is 1. The van der Waals surface area contributed by atoms with Crippen LogP contribution in [-0.4, -0.2) is 53.6 Å². The maximum Gasteiger partial charge on any atom is 0.471 e. The summed E-state index contributed by atoms with van der Waals surface area (Å²) in [6.45, 7) is 2.92. The summed E-state index contributed by atoms with van der Waals surface area (Å²) in [6.07, 6.45) is -1.58. The molecule has 2 bridgehead atoms. The summed E-state index contributed by atoms with van der Waals surface area (Å²) in [5, 5.41) is 5.01. The zero-order chi connectivity index (χ0) is 19.2. The zero-order valence-electron chi connectivity index (χ0n) is 14.2. The number of alkyl halides is 3. The maximum absolute atomic E-state index is 12.5. The van der Waals surface area contributed by atoms with E-state index in [1.54, 1.807) is 5.32 Å². The highest BCUT2D eigenvalue weighted by molar-refractivity contribution is 5.98. The minimum absolute atomic E-state index is 0.0655. The van der Waals surface area contributed by atoms with E-state index >= 15 is 0 Å². The molecule has 2 amide bonds. The number of halogens is 3. The number of fused-ring (bicyclic) bond motifs is 4. The maximum atomic E-state index is 12.5. The molecule has 1 unspecified atom stereocenters. The molecule has 5 rings (SSSR count). The van der Waals surface area contributed by atoms with Crippen molar-refractivity contribution in [1.29, 1.82) is 0 Å². The molecule has 0 radical (unpaired) electrons. The molecular formula is C17H17F3N4O3. The Bertz CT molecular complexity index is 887. The molecule has 3 aliphatic rings. The molecule has 0 aromatic carbocycles. The Morgan fingerprint density at radius 3 is 2.59 bits per heavy atom. The van der Waals surface area contributed by atoms with Crippen molar-refractivity contribution in [2.45, 2.75) is 25.1 Å². The van der Waals surface area contributed by atoms with Gasteiger partial charge in [-0.3, -0.25) is 19.9 Å². The number of hydrogen-bond acceptors (Lipinski definition) is 5. The summed E-state index contributed by atoms with van der Waals surface area (Å²) >= 11 is 0. The van der Waals surface area contributed by atoms with Crippen molar-refractivity contribution >= 4 is 28.7 Å². The van der Waals surface area contributed by atoms with Crippen molar-refractivity contribution < 1.29 is 27.2 Å². The topological polar surface area (TPSA) is 87.5 Å². The third-order valence-electron chi connectivity index (χ3n) is 5.10. The molecule has 27 heavy (non-hydrogen) atoms. The lowest BCUT2D eigenvalue weighted by molar-refractivity contribution is -0.167. The summed E-state index contributed by atoms with van der Waals surface area (Å²) < 4.78 is 42.2. The average molecular weight is 382 g/mol. The van der Waals surface area contributed by atoms with Gasteiger partial charge in [0.25, 0.3) is 5.91 Å². The van der Waals surface area contributed by atoms with Crippen LogP contribution in [0.5, 0.6) is 0 Å². The van der Waals surface area contributed by atoms with E-state index in [0.717, 1.165) is 32.5 Å². The van der Waals surface area contributed by atoms with Crippen molar-refractivity contribution in [2.24, 2.45) is 5.92 Å². The standard InChI is InChI=1S/C17H17F3N4O3/c18-17(19,20)16(26)23-14-5-10-7-21-11(6-13(10)27-14)15(25)22-12-8-24-3-1-9(12)2-4-24/h5-7,9,12H,1-4,8H2,(H,22,25)(H,23,26). The van der Waals surface area contributed by atoms with E-state index in [4.69, 9.17) is 4.42 Å². The van der Waals surface area contributed by atoms with Gasteiger partial charge in [0, 0.05) is 36.3 Å². The van der Waals surface area contributed by atoms with Crippen LogP contribution in [0.3, 0.4) is 0 Å². The van der Waals surface area contributed by atoms with E-state index in [-0.39, 0.29) is 29.1 Å². The van der Waals surface area contributed by atoms with Gasteiger partial charge in [-0.15, -0.1) is 0 Å². The third-order valence-corrected chi connectivity index (χ3v) is 5.10. The number of pyridine rings is 1. The molecule has 5 heterocycles. The Hall–Kier alpha value is -2.62. The Morgan fingerprint density at radius 2 is 1.96 bits per heavy atom. The first kappa shape index (κ1) is 17.8. The number of carbonyl (C=O) groups is 2. The molecule has 3 saturated heterocycles. The van der Waals surface area contributed by atoms with E-state index in [9.17, 15) is 22.8 Å². The fraction of sp³-hybridized carbons (Fsp3) is 0.471. The van der Waals surface area contributed by atoms with Crippen LogP contribution in [0.4, 0.5) is 19.1 Å². The highest BCUT2D eigenvalue weighted by atomic mass is 19.4. The minimum atomic E-state index is -5.02. The molecule has 0 saturated carbocycles. The molecule has 7 nitrogen and oxygen atoms in total. The smallest absolute Gasteiger partial charge is 0.440 e. The first-order chi connectivity index (χ1) is 12.8. The van der Waals surface area contributed by atoms with Gasteiger partial charge in [-0.05, 0) is 31.8 Å². The number of aromatic nitrogens is 1. The molecule has 2 aromatic heterocycles. The van der Waals surface area contributed by atoms with E-state index < -0.39 is 12.1 Å². The fourth-order valence-corrected chi connectivity index (χ4v) is 3.67. The summed E-state index contributed by atoms with van der Waals surface area (Å²) in [4.78, 5) is 29.9. The SMILES string of the molecule is O=C(NC1CN2CCC1CC2)c1cc2oc(NC(=O)C(F)(F)F)cc2cn1. The first-order valence-electron chi connectivity index (χ1n) is 8.60. The number of nitrogens with zero attached hydrogens (tertiary/aromatic N) is 2. The van der Waals surface area contributed by atoms with E-state index in [1.165, 1.54) is 18.3 Å². The molecule has 0 aliphatic carbocycles. The number of hydrogen-bond donors (Lipinski definition) is 2. The van der Waals surface area contributed by atoms with E-state index in [2.05, 4.69) is 15.2 Å². The number of piperidine rings is 3. The van der Waals surface area contributed by atoms with Crippen LogP contribution in [0.15, 0.2) is 22.7 Å². The van der Waals surface area contributed by atoms with Gasteiger partial charge < -0.3 is 14.6 Å². The minimum Gasteiger partial charge on any atom is -0.440 e. The van der Waals surface area contributed by atoms with Gasteiger partial charge in [-0.1, -0.05) is 0 Å². The number of carbonyl (C=O) groups excluding carboxylic acids is 2. The Kier molecular flexibility index (Phi) is 4.29. The molecule has 10 heteroatoms.